The number of piperazine rings is 1. The molecule has 27 heavy (non-hydrogen) atoms. The molecule has 1 aliphatic carbocycles. The third-order valence-corrected chi connectivity index (χ3v) is 4.87. The standard InChI is InChI=1S/C20H30FN5O/c1-2-22-20(23-11-3-4-19(27)24-17-7-8-17)26-14-12-25(13-15-26)18-9-5-16(21)6-10-18/h5-6,9-10,17H,2-4,7-8,11-15H2,1H3,(H,22,23)(H,24,27). The molecule has 1 saturated heterocycles. The van der Waals surface area contributed by atoms with Gasteiger partial charge in [0.2, 0.25) is 5.91 Å². The first-order valence-electron chi connectivity index (χ1n) is 9.99. The molecule has 1 aromatic rings. The van der Waals surface area contributed by atoms with Gasteiger partial charge in [0, 0.05) is 57.4 Å². The minimum atomic E-state index is -0.204. The Hall–Kier alpha value is -2.31. The van der Waals surface area contributed by atoms with Crippen LogP contribution >= 0.6 is 0 Å². The van der Waals surface area contributed by atoms with Gasteiger partial charge in [-0.25, -0.2) is 4.39 Å². The Bertz CT molecular complexity index is 636. The van der Waals surface area contributed by atoms with E-state index in [9.17, 15) is 9.18 Å². The van der Waals surface area contributed by atoms with Gasteiger partial charge in [-0.2, -0.15) is 0 Å². The topological polar surface area (TPSA) is 60.0 Å². The zero-order chi connectivity index (χ0) is 19.1. The molecule has 1 amide bonds. The van der Waals surface area contributed by atoms with Crippen LogP contribution in [0.5, 0.6) is 0 Å². The van der Waals surface area contributed by atoms with E-state index in [-0.39, 0.29) is 11.7 Å². The fourth-order valence-electron chi connectivity index (χ4n) is 3.21. The highest BCUT2D eigenvalue weighted by atomic mass is 19.1. The highest BCUT2D eigenvalue weighted by Crippen LogP contribution is 2.19. The van der Waals surface area contributed by atoms with Crippen LogP contribution in [-0.2, 0) is 4.79 Å². The number of hydrogen-bond acceptors (Lipinski definition) is 3. The Balaban J connectivity index is 1.45. The van der Waals surface area contributed by atoms with E-state index in [0.717, 1.165) is 63.6 Å². The molecule has 0 bridgehead atoms. The van der Waals surface area contributed by atoms with Crippen molar-refractivity contribution >= 4 is 17.6 Å². The molecule has 0 unspecified atom stereocenters. The molecule has 6 nitrogen and oxygen atoms in total. The Morgan fingerprint density at radius 2 is 1.89 bits per heavy atom. The predicted octanol–water partition coefficient (Wildman–Crippen LogP) is 1.97. The molecule has 7 heteroatoms. The van der Waals surface area contributed by atoms with Gasteiger partial charge >= 0.3 is 0 Å². The van der Waals surface area contributed by atoms with Gasteiger partial charge < -0.3 is 20.4 Å². The number of benzene rings is 1. The maximum atomic E-state index is 13.1. The normalized spacial score (nSPS) is 17.8. The van der Waals surface area contributed by atoms with Gasteiger partial charge in [-0.3, -0.25) is 9.79 Å². The summed E-state index contributed by atoms with van der Waals surface area (Å²) in [4.78, 5) is 21.0. The van der Waals surface area contributed by atoms with E-state index >= 15 is 0 Å². The summed E-state index contributed by atoms with van der Waals surface area (Å²) < 4.78 is 13.1. The third kappa shape index (κ3) is 6.12. The SMILES string of the molecule is CCNC(=NCCCC(=O)NC1CC1)N1CCN(c2ccc(F)cc2)CC1. The van der Waals surface area contributed by atoms with Crippen molar-refractivity contribution in [3.05, 3.63) is 30.1 Å². The van der Waals surface area contributed by atoms with Crippen molar-refractivity contribution in [3.63, 3.8) is 0 Å². The van der Waals surface area contributed by atoms with Crippen molar-refractivity contribution in [2.45, 2.75) is 38.6 Å². The summed E-state index contributed by atoms with van der Waals surface area (Å²) in [5.41, 5.74) is 1.06. The van der Waals surface area contributed by atoms with Crippen LogP contribution in [0.2, 0.25) is 0 Å². The average molecular weight is 375 g/mol. The van der Waals surface area contributed by atoms with Crippen molar-refractivity contribution in [2.75, 3.05) is 44.2 Å². The van der Waals surface area contributed by atoms with E-state index < -0.39 is 0 Å². The third-order valence-electron chi connectivity index (χ3n) is 4.87. The number of aliphatic imine (C=N–C) groups is 1. The van der Waals surface area contributed by atoms with Crippen LogP contribution in [0.3, 0.4) is 0 Å². The molecule has 2 aliphatic rings. The van der Waals surface area contributed by atoms with Gasteiger partial charge in [-0.1, -0.05) is 0 Å². The van der Waals surface area contributed by atoms with Gasteiger partial charge in [0.25, 0.3) is 0 Å². The van der Waals surface area contributed by atoms with Crippen molar-refractivity contribution in [1.82, 2.24) is 15.5 Å². The smallest absolute Gasteiger partial charge is 0.220 e. The van der Waals surface area contributed by atoms with Crippen molar-refractivity contribution in [3.8, 4) is 0 Å². The molecular weight excluding hydrogens is 345 g/mol. The Morgan fingerprint density at radius 3 is 2.52 bits per heavy atom. The zero-order valence-electron chi connectivity index (χ0n) is 16.1. The van der Waals surface area contributed by atoms with Crippen molar-refractivity contribution < 1.29 is 9.18 Å². The first kappa shape index (κ1) is 19.5. The van der Waals surface area contributed by atoms with Gasteiger partial charge in [0.05, 0.1) is 0 Å². The van der Waals surface area contributed by atoms with Crippen LogP contribution in [0.15, 0.2) is 29.3 Å². The van der Waals surface area contributed by atoms with E-state index in [1.165, 1.54) is 12.1 Å². The summed E-state index contributed by atoms with van der Waals surface area (Å²) in [6.07, 6.45) is 3.55. The van der Waals surface area contributed by atoms with Gasteiger partial charge in [0.15, 0.2) is 5.96 Å². The molecule has 3 rings (SSSR count). The monoisotopic (exact) mass is 375 g/mol. The zero-order valence-corrected chi connectivity index (χ0v) is 16.1. The first-order chi connectivity index (χ1) is 13.2. The summed E-state index contributed by atoms with van der Waals surface area (Å²) in [6, 6.07) is 7.10. The number of guanidine groups is 1. The lowest BCUT2D eigenvalue weighted by Gasteiger charge is -2.37. The number of amides is 1. The molecule has 0 spiro atoms. The fourth-order valence-corrected chi connectivity index (χ4v) is 3.21. The number of nitrogens with one attached hydrogen (secondary N) is 2. The largest absolute Gasteiger partial charge is 0.368 e. The number of nitrogens with zero attached hydrogens (tertiary/aromatic N) is 3. The Kier molecular flexibility index (Phi) is 6.90. The van der Waals surface area contributed by atoms with E-state index in [2.05, 4.69) is 27.4 Å². The van der Waals surface area contributed by atoms with E-state index in [0.29, 0.717) is 19.0 Å². The van der Waals surface area contributed by atoms with Crippen LogP contribution < -0.4 is 15.5 Å². The molecule has 148 valence electrons. The quantitative estimate of drug-likeness (QED) is 0.435. The molecule has 2 fully saturated rings. The maximum absolute atomic E-state index is 13.1. The van der Waals surface area contributed by atoms with Crippen LogP contribution in [-0.4, -0.2) is 62.1 Å². The lowest BCUT2D eigenvalue weighted by molar-refractivity contribution is -0.121. The van der Waals surface area contributed by atoms with E-state index in [1.54, 1.807) is 0 Å². The number of hydrogen-bond donors (Lipinski definition) is 2. The summed E-state index contributed by atoms with van der Waals surface area (Å²) >= 11 is 0. The number of halogens is 1. The molecule has 0 atom stereocenters. The highest BCUT2D eigenvalue weighted by molar-refractivity contribution is 5.80. The van der Waals surface area contributed by atoms with E-state index in [4.69, 9.17) is 4.99 Å². The van der Waals surface area contributed by atoms with Crippen LogP contribution in [0.1, 0.15) is 32.6 Å². The second-order valence-electron chi connectivity index (χ2n) is 7.13. The molecule has 0 radical (unpaired) electrons. The second kappa shape index (κ2) is 9.58. The molecule has 1 heterocycles. The Labute approximate surface area is 160 Å². The fraction of sp³-hybridized carbons (Fsp3) is 0.600. The number of carbonyl (C=O) groups excluding carboxylic acids is 1. The minimum absolute atomic E-state index is 0.144. The lowest BCUT2D eigenvalue weighted by atomic mass is 10.2. The number of anilines is 1. The lowest BCUT2D eigenvalue weighted by Crippen LogP contribution is -2.52. The molecule has 1 saturated carbocycles. The number of carbonyl (C=O) groups is 1. The molecule has 2 N–H and O–H groups in total. The van der Waals surface area contributed by atoms with E-state index in [1.807, 2.05) is 12.1 Å². The molecular formula is C20H30FN5O. The van der Waals surface area contributed by atoms with Gasteiger partial charge in [0.1, 0.15) is 5.82 Å². The maximum Gasteiger partial charge on any atom is 0.220 e. The first-order valence-corrected chi connectivity index (χ1v) is 9.99. The minimum Gasteiger partial charge on any atom is -0.368 e. The summed E-state index contributed by atoms with van der Waals surface area (Å²) in [5.74, 6) is 0.856. The van der Waals surface area contributed by atoms with Crippen LogP contribution in [0, 0.1) is 5.82 Å². The van der Waals surface area contributed by atoms with Crippen LogP contribution in [0.4, 0.5) is 10.1 Å². The molecule has 1 aromatic carbocycles. The predicted molar refractivity (Wildman–Crippen MR) is 107 cm³/mol. The summed E-state index contributed by atoms with van der Waals surface area (Å²) in [5, 5.41) is 6.36. The highest BCUT2D eigenvalue weighted by Gasteiger charge is 2.23. The van der Waals surface area contributed by atoms with Crippen molar-refractivity contribution in [1.29, 1.82) is 0 Å². The summed E-state index contributed by atoms with van der Waals surface area (Å²) in [7, 11) is 0. The van der Waals surface area contributed by atoms with Gasteiger partial charge in [-0.05, 0) is 50.5 Å². The number of rotatable bonds is 7. The van der Waals surface area contributed by atoms with Crippen molar-refractivity contribution in [2.24, 2.45) is 4.99 Å². The second-order valence-corrected chi connectivity index (χ2v) is 7.13. The van der Waals surface area contributed by atoms with Crippen LogP contribution in [0.25, 0.3) is 0 Å². The Morgan fingerprint density at radius 1 is 1.19 bits per heavy atom. The average Bonchev–Trinajstić information content (AvgIpc) is 3.49. The molecule has 0 aromatic heterocycles. The summed E-state index contributed by atoms with van der Waals surface area (Å²) in [6.45, 7) is 7.02. The van der Waals surface area contributed by atoms with Gasteiger partial charge in [-0.15, -0.1) is 0 Å². The molecule has 1 aliphatic heterocycles.